The van der Waals surface area contributed by atoms with Crippen molar-refractivity contribution in [3.8, 4) is 5.75 Å². The van der Waals surface area contributed by atoms with Crippen molar-refractivity contribution in [1.82, 2.24) is 0 Å². The zero-order chi connectivity index (χ0) is 20.5. The average molecular weight is 405 g/mol. The number of nitrogens with zero attached hydrogens (tertiary/aromatic N) is 1. The molecular weight excluding hydrogens is 383 g/mol. The summed E-state index contributed by atoms with van der Waals surface area (Å²) in [6.07, 6.45) is 0.808. The van der Waals surface area contributed by atoms with Crippen LogP contribution in [0.4, 0.5) is 15.8 Å². The number of amides is 2. The van der Waals surface area contributed by atoms with Gasteiger partial charge in [-0.15, -0.1) is 0 Å². The number of rotatable bonds is 4. The van der Waals surface area contributed by atoms with Crippen LogP contribution in [0.3, 0.4) is 0 Å². The van der Waals surface area contributed by atoms with Gasteiger partial charge in [0.2, 0.25) is 5.91 Å². The number of halogens is 2. The number of nitrogens with one attached hydrogen (secondary N) is 1. The molecule has 0 bridgehead atoms. The van der Waals surface area contributed by atoms with Crippen LogP contribution in [-0.4, -0.2) is 25.0 Å². The first-order valence-corrected chi connectivity index (χ1v) is 9.46. The minimum Gasteiger partial charge on any atom is -0.490 e. The Kier molecular flexibility index (Phi) is 5.61. The zero-order valence-corrected chi connectivity index (χ0v) is 16.8. The number of benzene rings is 2. The van der Waals surface area contributed by atoms with Gasteiger partial charge in [0.1, 0.15) is 18.2 Å². The van der Waals surface area contributed by atoms with Crippen LogP contribution >= 0.6 is 11.6 Å². The standard InChI is InChI=1S/C21H22ClFN2O3/c1-4-9-25-17-8-6-14(11-18(17)28-12-21(2,3)20(25)27)24-19(26)15-7-5-13(23)10-16(15)22/h5-8,10-11H,4,9,12H2,1-3H3,(H,24,26). The predicted molar refractivity (Wildman–Crippen MR) is 108 cm³/mol. The predicted octanol–water partition coefficient (Wildman–Crippen LogP) is 4.89. The zero-order valence-electron chi connectivity index (χ0n) is 16.0. The number of carbonyl (C=O) groups is 2. The summed E-state index contributed by atoms with van der Waals surface area (Å²) in [6.45, 7) is 6.52. The molecule has 1 aliphatic heterocycles. The molecular formula is C21H22ClFN2O3. The summed E-state index contributed by atoms with van der Waals surface area (Å²) >= 11 is 5.96. The molecule has 0 unspecified atom stereocenters. The van der Waals surface area contributed by atoms with E-state index in [0.29, 0.717) is 23.7 Å². The van der Waals surface area contributed by atoms with E-state index in [4.69, 9.17) is 16.3 Å². The van der Waals surface area contributed by atoms with E-state index < -0.39 is 17.1 Å². The molecule has 0 aliphatic carbocycles. The summed E-state index contributed by atoms with van der Waals surface area (Å²) < 4.78 is 19.1. The highest BCUT2D eigenvalue weighted by molar-refractivity contribution is 6.34. The molecule has 5 nitrogen and oxygen atoms in total. The van der Waals surface area contributed by atoms with E-state index in [-0.39, 0.29) is 23.1 Å². The maximum atomic E-state index is 13.2. The van der Waals surface area contributed by atoms with Crippen LogP contribution in [0.1, 0.15) is 37.6 Å². The minimum absolute atomic E-state index is 0.00276. The van der Waals surface area contributed by atoms with Gasteiger partial charge in [0.15, 0.2) is 0 Å². The van der Waals surface area contributed by atoms with Gasteiger partial charge in [0, 0.05) is 18.3 Å². The maximum absolute atomic E-state index is 13.2. The molecule has 1 aliphatic rings. The normalized spacial score (nSPS) is 15.5. The molecule has 2 aromatic rings. The molecule has 0 spiro atoms. The third kappa shape index (κ3) is 3.97. The Balaban J connectivity index is 1.90. The van der Waals surface area contributed by atoms with Gasteiger partial charge in [-0.1, -0.05) is 18.5 Å². The van der Waals surface area contributed by atoms with E-state index in [1.807, 2.05) is 20.8 Å². The Morgan fingerprint density at radius 2 is 2.04 bits per heavy atom. The number of hydrogen-bond donors (Lipinski definition) is 1. The number of ether oxygens (including phenoxy) is 1. The van der Waals surface area contributed by atoms with Crippen molar-refractivity contribution in [2.75, 3.05) is 23.4 Å². The van der Waals surface area contributed by atoms with E-state index in [0.717, 1.165) is 12.5 Å². The van der Waals surface area contributed by atoms with Gasteiger partial charge < -0.3 is 15.0 Å². The lowest BCUT2D eigenvalue weighted by molar-refractivity contribution is -0.127. The molecule has 2 aromatic carbocycles. The first-order valence-electron chi connectivity index (χ1n) is 9.08. The van der Waals surface area contributed by atoms with E-state index in [9.17, 15) is 14.0 Å². The van der Waals surface area contributed by atoms with Crippen LogP contribution in [-0.2, 0) is 4.79 Å². The smallest absolute Gasteiger partial charge is 0.257 e. The lowest BCUT2D eigenvalue weighted by Gasteiger charge is -2.27. The molecule has 0 radical (unpaired) electrons. The fraction of sp³-hybridized carbons (Fsp3) is 0.333. The van der Waals surface area contributed by atoms with Gasteiger partial charge >= 0.3 is 0 Å². The second kappa shape index (κ2) is 7.80. The molecule has 0 saturated heterocycles. The lowest BCUT2D eigenvalue weighted by atomic mass is 9.93. The average Bonchev–Trinajstić information content (AvgIpc) is 2.72. The van der Waals surface area contributed by atoms with Gasteiger partial charge in [-0.05, 0) is 50.6 Å². The fourth-order valence-corrected chi connectivity index (χ4v) is 3.30. The van der Waals surface area contributed by atoms with Gasteiger partial charge in [-0.25, -0.2) is 4.39 Å². The van der Waals surface area contributed by atoms with Gasteiger partial charge in [0.05, 0.1) is 21.7 Å². The first-order chi connectivity index (χ1) is 13.2. The Bertz CT molecular complexity index is 930. The first kappa shape index (κ1) is 20.1. The second-order valence-corrected chi connectivity index (χ2v) is 7.80. The van der Waals surface area contributed by atoms with Crippen molar-refractivity contribution in [2.45, 2.75) is 27.2 Å². The van der Waals surface area contributed by atoms with Crippen molar-refractivity contribution < 1.29 is 18.7 Å². The molecule has 1 N–H and O–H groups in total. The Morgan fingerprint density at radius 3 is 2.71 bits per heavy atom. The van der Waals surface area contributed by atoms with Gasteiger partial charge in [-0.2, -0.15) is 0 Å². The molecule has 1 heterocycles. The molecule has 0 fully saturated rings. The van der Waals surface area contributed by atoms with E-state index in [1.165, 1.54) is 12.1 Å². The molecule has 148 valence electrons. The quantitative estimate of drug-likeness (QED) is 0.789. The second-order valence-electron chi connectivity index (χ2n) is 7.39. The monoisotopic (exact) mass is 404 g/mol. The SMILES string of the molecule is CCCN1C(=O)C(C)(C)COc2cc(NC(=O)c3ccc(F)cc3Cl)ccc21. The Morgan fingerprint density at radius 1 is 1.29 bits per heavy atom. The molecule has 0 aromatic heterocycles. The van der Waals surface area contributed by atoms with E-state index >= 15 is 0 Å². The van der Waals surface area contributed by atoms with Crippen LogP contribution in [0.25, 0.3) is 0 Å². The molecule has 3 rings (SSSR count). The molecule has 0 atom stereocenters. The Hall–Kier alpha value is -2.60. The number of fused-ring (bicyclic) bond motifs is 1. The highest BCUT2D eigenvalue weighted by Crippen LogP contribution is 2.38. The summed E-state index contributed by atoms with van der Waals surface area (Å²) in [5, 5.41) is 2.77. The van der Waals surface area contributed by atoms with Crippen LogP contribution in [0.2, 0.25) is 5.02 Å². The number of carbonyl (C=O) groups excluding carboxylic acids is 2. The number of anilines is 2. The third-order valence-corrected chi connectivity index (χ3v) is 4.86. The summed E-state index contributed by atoms with van der Waals surface area (Å²) in [6, 6.07) is 8.74. The van der Waals surface area contributed by atoms with Crippen molar-refractivity contribution >= 4 is 34.8 Å². The minimum atomic E-state index is -0.654. The molecule has 28 heavy (non-hydrogen) atoms. The molecule has 2 amide bonds. The van der Waals surface area contributed by atoms with Gasteiger partial charge in [0.25, 0.3) is 5.91 Å². The topological polar surface area (TPSA) is 58.6 Å². The van der Waals surface area contributed by atoms with Crippen LogP contribution in [0.5, 0.6) is 5.75 Å². The van der Waals surface area contributed by atoms with Crippen molar-refractivity contribution in [3.63, 3.8) is 0 Å². The summed E-state index contributed by atoms with van der Waals surface area (Å²) in [7, 11) is 0. The molecule has 0 saturated carbocycles. The van der Waals surface area contributed by atoms with Crippen LogP contribution < -0.4 is 15.0 Å². The lowest BCUT2D eigenvalue weighted by Crippen LogP contribution is -2.42. The van der Waals surface area contributed by atoms with Crippen molar-refractivity contribution in [3.05, 3.63) is 52.8 Å². The van der Waals surface area contributed by atoms with Crippen LogP contribution in [0.15, 0.2) is 36.4 Å². The summed E-state index contributed by atoms with van der Waals surface area (Å²) in [5.41, 5.74) is 0.685. The van der Waals surface area contributed by atoms with Crippen LogP contribution in [0, 0.1) is 11.2 Å². The summed E-state index contributed by atoms with van der Waals surface area (Å²) in [4.78, 5) is 27.1. The highest BCUT2D eigenvalue weighted by atomic mass is 35.5. The largest absolute Gasteiger partial charge is 0.490 e. The fourth-order valence-electron chi connectivity index (χ4n) is 3.04. The summed E-state index contributed by atoms with van der Waals surface area (Å²) in [5.74, 6) is -0.443. The highest BCUT2D eigenvalue weighted by Gasteiger charge is 2.37. The van der Waals surface area contributed by atoms with E-state index in [2.05, 4.69) is 5.32 Å². The third-order valence-electron chi connectivity index (χ3n) is 4.54. The van der Waals surface area contributed by atoms with Gasteiger partial charge in [-0.3, -0.25) is 9.59 Å². The van der Waals surface area contributed by atoms with E-state index in [1.54, 1.807) is 23.1 Å². The molecule has 7 heteroatoms. The van der Waals surface area contributed by atoms with Crippen molar-refractivity contribution in [1.29, 1.82) is 0 Å². The van der Waals surface area contributed by atoms with Crippen molar-refractivity contribution in [2.24, 2.45) is 5.41 Å². The maximum Gasteiger partial charge on any atom is 0.257 e. The number of hydrogen-bond acceptors (Lipinski definition) is 3. The Labute approximate surface area is 168 Å².